The van der Waals surface area contributed by atoms with Crippen molar-refractivity contribution in [3.8, 4) is 0 Å². The van der Waals surface area contributed by atoms with Crippen LogP contribution in [0.4, 0.5) is 0 Å². The highest BCUT2D eigenvalue weighted by atomic mass is 79.9. The Bertz CT molecular complexity index is 468. The number of nitrogens with one attached hydrogen (secondary N) is 1. The molecule has 0 unspecified atom stereocenters. The number of carbonyl (C=O) groups is 1. The van der Waals surface area contributed by atoms with Crippen LogP contribution in [0.2, 0.25) is 0 Å². The van der Waals surface area contributed by atoms with Crippen LogP contribution in [0, 0.1) is 0 Å². The van der Waals surface area contributed by atoms with Gasteiger partial charge in [0.25, 0.3) is 5.91 Å². The van der Waals surface area contributed by atoms with Crippen LogP contribution in [0.3, 0.4) is 0 Å². The number of halogens is 2. The van der Waals surface area contributed by atoms with Gasteiger partial charge in [-0.05, 0) is 43.9 Å². The van der Waals surface area contributed by atoms with Crippen LogP contribution in [-0.4, -0.2) is 31.2 Å². The number of hydrogen-bond donors (Lipinski definition) is 2. The van der Waals surface area contributed by atoms with Crippen molar-refractivity contribution < 1.29 is 9.53 Å². The van der Waals surface area contributed by atoms with E-state index in [1.807, 2.05) is 6.07 Å². The number of carbonyl (C=O) groups excluding carboxylic acids is 1. The standard InChI is InChI=1S/C15H20Br2N2O2/c16-11-7-10(8-12(17)9-11)15(20)19-5-6-21-14-3-1-13(18)2-4-14/h7-9,13-14H,1-6,18H2,(H,19,20). The second-order valence-electron chi connectivity index (χ2n) is 5.32. The molecule has 1 aromatic carbocycles. The van der Waals surface area contributed by atoms with Crippen molar-refractivity contribution >= 4 is 37.8 Å². The molecule has 0 aliphatic heterocycles. The third-order valence-electron chi connectivity index (χ3n) is 3.58. The normalized spacial score (nSPS) is 22.0. The highest BCUT2D eigenvalue weighted by molar-refractivity contribution is 9.11. The molecule has 1 amide bonds. The monoisotopic (exact) mass is 418 g/mol. The van der Waals surface area contributed by atoms with Crippen molar-refractivity contribution in [1.29, 1.82) is 0 Å². The third-order valence-corrected chi connectivity index (χ3v) is 4.50. The Morgan fingerprint density at radius 1 is 1.19 bits per heavy atom. The zero-order valence-corrected chi connectivity index (χ0v) is 15.0. The first-order valence-corrected chi connectivity index (χ1v) is 8.74. The maximum atomic E-state index is 12.0. The Morgan fingerprint density at radius 2 is 1.81 bits per heavy atom. The highest BCUT2D eigenvalue weighted by Crippen LogP contribution is 2.20. The molecule has 0 bridgehead atoms. The summed E-state index contributed by atoms with van der Waals surface area (Å²) in [6.45, 7) is 1.06. The van der Waals surface area contributed by atoms with Crippen LogP contribution < -0.4 is 11.1 Å². The van der Waals surface area contributed by atoms with E-state index in [-0.39, 0.29) is 5.91 Å². The average molecular weight is 420 g/mol. The molecular weight excluding hydrogens is 400 g/mol. The van der Waals surface area contributed by atoms with Gasteiger partial charge in [-0.1, -0.05) is 31.9 Å². The van der Waals surface area contributed by atoms with E-state index in [9.17, 15) is 4.79 Å². The van der Waals surface area contributed by atoms with Crippen LogP contribution in [0.1, 0.15) is 36.0 Å². The molecule has 0 atom stereocenters. The van der Waals surface area contributed by atoms with Crippen molar-refractivity contribution in [2.24, 2.45) is 5.73 Å². The predicted octanol–water partition coefficient (Wildman–Crippen LogP) is 3.23. The summed E-state index contributed by atoms with van der Waals surface area (Å²) < 4.78 is 7.52. The fourth-order valence-electron chi connectivity index (χ4n) is 2.43. The molecule has 1 aliphatic carbocycles. The first-order chi connectivity index (χ1) is 10.0. The topological polar surface area (TPSA) is 64.3 Å². The van der Waals surface area contributed by atoms with Gasteiger partial charge in [-0.25, -0.2) is 0 Å². The third kappa shape index (κ3) is 5.70. The molecule has 1 aliphatic rings. The summed E-state index contributed by atoms with van der Waals surface area (Å²) in [4.78, 5) is 12.0. The molecule has 1 fully saturated rings. The fourth-order valence-corrected chi connectivity index (χ4v) is 3.73. The molecule has 6 heteroatoms. The minimum Gasteiger partial charge on any atom is -0.376 e. The lowest BCUT2D eigenvalue weighted by Crippen LogP contribution is -2.33. The molecule has 3 N–H and O–H groups in total. The van der Waals surface area contributed by atoms with E-state index in [4.69, 9.17) is 10.5 Å². The van der Waals surface area contributed by atoms with Gasteiger partial charge >= 0.3 is 0 Å². The van der Waals surface area contributed by atoms with Gasteiger partial charge in [-0.15, -0.1) is 0 Å². The van der Waals surface area contributed by atoms with Gasteiger partial charge < -0.3 is 15.8 Å². The Hall–Kier alpha value is -0.430. The van der Waals surface area contributed by atoms with E-state index in [1.54, 1.807) is 12.1 Å². The molecule has 116 valence electrons. The lowest BCUT2D eigenvalue weighted by atomic mass is 9.94. The molecule has 21 heavy (non-hydrogen) atoms. The van der Waals surface area contributed by atoms with Gasteiger partial charge in [-0.2, -0.15) is 0 Å². The van der Waals surface area contributed by atoms with Gasteiger partial charge in [0.15, 0.2) is 0 Å². The molecule has 2 rings (SSSR count). The highest BCUT2D eigenvalue weighted by Gasteiger charge is 2.18. The molecule has 0 radical (unpaired) electrons. The number of rotatable bonds is 5. The molecule has 0 spiro atoms. The Kier molecular flexibility index (Phi) is 6.67. The van der Waals surface area contributed by atoms with Gasteiger partial charge in [0.05, 0.1) is 12.7 Å². The second kappa shape index (κ2) is 8.27. The molecule has 1 aromatic rings. The van der Waals surface area contributed by atoms with Crippen LogP contribution >= 0.6 is 31.9 Å². The zero-order chi connectivity index (χ0) is 15.2. The number of nitrogens with two attached hydrogens (primary N) is 1. The molecule has 0 aromatic heterocycles. The number of ether oxygens (including phenoxy) is 1. The van der Waals surface area contributed by atoms with E-state index in [1.165, 1.54) is 0 Å². The number of benzene rings is 1. The molecule has 1 saturated carbocycles. The van der Waals surface area contributed by atoms with Crippen molar-refractivity contribution in [3.63, 3.8) is 0 Å². The molecule has 0 saturated heterocycles. The Balaban J connectivity index is 1.69. The summed E-state index contributed by atoms with van der Waals surface area (Å²) in [6, 6.07) is 5.82. The summed E-state index contributed by atoms with van der Waals surface area (Å²) in [5, 5.41) is 2.87. The number of amides is 1. The van der Waals surface area contributed by atoms with E-state index < -0.39 is 0 Å². The summed E-state index contributed by atoms with van der Waals surface area (Å²) in [5.74, 6) is -0.0914. The summed E-state index contributed by atoms with van der Waals surface area (Å²) in [5.41, 5.74) is 6.48. The van der Waals surface area contributed by atoms with Crippen molar-refractivity contribution in [2.45, 2.75) is 37.8 Å². The van der Waals surface area contributed by atoms with Gasteiger partial charge in [0, 0.05) is 27.1 Å². The van der Waals surface area contributed by atoms with E-state index >= 15 is 0 Å². The van der Waals surface area contributed by atoms with Gasteiger partial charge in [0.1, 0.15) is 0 Å². The largest absolute Gasteiger partial charge is 0.376 e. The maximum absolute atomic E-state index is 12.0. The quantitative estimate of drug-likeness (QED) is 0.720. The van der Waals surface area contributed by atoms with Gasteiger partial charge in [-0.3, -0.25) is 4.79 Å². The van der Waals surface area contributed by atoms with Crippen LogP contribution in [0.25, 0.3) is 0 Å². The van der Waals surface area contributed by atoms with E-state index in [0.29, 0.717) is 30.9 Å². The van der Waals surface area contributed by atoms with E-state index in [2.05, 4.69) is 37.2 Å². The van der Waals surface area contributed by atoms with Crippen LogP contribution in [-0.2, 0) is 4.74 Å². The van der Waals surface area contributed by atoms with Crippen molar-refractivity contribution in [2.75, 3.05) is 13.2 Å². The maximum Gasteiger partial charge on any atom is 0.251 e. The van der Waals surface area contributed by atoms with Crippen molar-refractivity contribution in [1.82, 2.24) is 5.32 Å². The van der Waals surface area contributed by atoms with Crippen LogP contribution in [0.15, 0.2) is 27.1 Å². The smallest absolute Gasteiger partial charge is 0.251 e. The fraction of sp³-hybridized carbons (Fsp3) is 0.533. The minimum absolute atomic E-state index is 0.0914. The molecule has 4 nitrogen and oxygen atoms in total. The summed E-state index contributed by atoms with van der Waals surface area (Å²) in [7, 11) is 0. The number of hydrogen-bond acceptors (Lipinski definition) is 3. The summed E-state index contributed by atoms with van der Waals surface area (Å²) >= 11 is 6.75. The van der Waals surface area contributed by atoms with Gasteiger partial charge in [0.2, 0.25) is 0 Å². The minimum atomic E-state index is -0.0914. The predicted molar refractivity (Wildman–Crippen MR) is 90.4 cm³/mol. The summed E-state index contributed by atoms with van der Waals surface area (Å²) in [6.07, 6.45) is 4.40. The Morgan fingerprint density at radius 3 is 2.43 bits per heavy atom. The van der Waals surface area contributed by atoms with Crippen LogP contribution in [0.5, 0.6) is 0 Å². The lowest BCUT2D eigenvalue weighted by Gasteiger charge is -2.26. The average Bonchev–Trinajstić information content (AvgIpc) is 2.44. The second-order valence-corrected chi connectivity index (χ2v) is 7.15. The van der Waals surface area contributed by atoms with E-state index in [0.717, 1.165) is 34.6 Å². The SMILES string of the molecule is NC1CCC(OCCNC(=O)c2cc(Br)cc(Br)c2)CC1. The van der Waals surface area contributed by atoms with Crippen molar-refractivity contribution in [3.05, 3.63) is 32.7 Å². The first-order valence-electron chi connectivity index (χ1n) is 7.16. The Labute approximate surface area is 142 Å². The first kappa shape index (κ1) is 16.9. The molecule has 0 heterocycles. The molecular formula is C15H20Br2N2O2. The zero-order valence-electron chi connectivity index (χ0n) is 11.8. The lowest BCUT2D eigenvalue weighted by molar-refractivity contribution is 0.0267.